The van der Waals surface area contributed by atoms with Crippen LogP contribution in [-0.2, 0) is 6.42 Å². The maximum atomic E-state index is 4.00. The first-order chi connectivity index (χ1) is 7.24. The van der Waals surface area contributed by atoms with Gasteiger partial charge < -0.3 is 10.3 Å². The molecule has 3 nitrogen and oxygen atoms in total. The number of aromatic nitrogens is 2. The molecule has 2 N–H and O–H groups in total. The molecule has 1 heterocycles. The van der Waals surface area contributed by atoms with Crippen LogP contribution in [-0.4, -0.2) is 23.1 Å². The number of nitrogens with zero attached hydrogens (tertiary/aromatic N) is 1. The van der Waals surface area contributed by atoms with E-state index in [4.69, 9.17) is 0 Å². The molecule has 1 atom stereocenters. The average Bonchev–Trinajstić information content (AvgIpc) is 2.70. The largest absolute Gasteiger partial charge is 0.348 e. The van der Waals surface area contributed by atoms with Crippen LogP contribution in [0.5, 0.6) is 0 Å². The van der Waals surface area contributed by atoms with Crippen LogP contribution in [0.4, 0.5) is 0 Å². The van der Waals surface area contributed by atoms with Gasteiger partial charge in [-0.2, -0.15) is 0 Å². The molecule has 0 saturated heterocycles. The van der Waals surface area contributed by atoms with Gasteiger partial charge >= 0.3 is 0 Å². The summed E-state index contributed by atoms with van der Waals surface area (Å²) in [5, 5.41) is 3.28. The normalized spacial score (nSPS) is 12.7. The minimum Gasteiger partial charge on any atom is -0.348 e. The number of H-pyrrole nitrogens is 1. The van der Waals surface area contributed by atoms with E-state index in [1.54, 1.807) is 6.33 Å². The van der Waals surface area contributed by atoms with Gasteiger partial charge in [-0.3, -0.25) is 0 Å². The third kappa shape index (κ3) is 4.30. The van der Waals surface area contributed by atoms with Gasteiger partial charge in [0.25, 0.3) is 0 Å². The monoisotopic (exact) mass is 207 g/mol. The molecule has 3 heteroatoms. The summed E-state index contributed by atoms with van der Waals surface area (Å²) >= 11 is 0. The first-order valence-electron chi connectivity index (χ1n) is 5.54. The van der Waals surface area contributed by atoms with Crippen molar-refractivity contribution in [3.05, 3.63) is 30.4 Å². The molecule has 0 aromatic carbocycles. The van der Waals surface area contributed by atoms with E-state index in [0.29, 0.717) is 6.04 Å². The van der Waals surface area contributed by atoms with Crippen LogP contribution in [0, 0.1) is 0 Å². The molecule has 1 aromatic heterocycles. The van der Waals surface area contributed by atoms with Crippen molar-refractivity contribution in [1.29, 1.82) is 0 Å². The van der Waals surface area contributed by atoms with Gasteiger partial charge in [0, 0.05) is 17.9 Å². The first-order valence-corrected chi connectivity index (χ1v) is 5.54. The predicted octanol–water partition coefficient (Wildman–Crippen LogP) is 2.29. The second-order valence-electron chi connectivity index (χ2n) is 4.01. The molecule has 0 aliphatic rings. The maximum Gasteiger partial charge on any atom is 0.0921 e. The standard InChI is InChI=1S/C12H21N3/c1-10(2)12(13-3)7-5-4-6-11-8-14-9-15-11/h8-9,12-13H,1,4-7H2,2-3H3,(H,14,15). The van der Waals surface area contributed by atoms with Gasteiger partial charge in [0.2, 0.25) is 0 Å². The van der Waals surface area contributed by atoms with Crippen molar-refractivity contribution < 1.29 is 0 Å². The summed E-state index contributed by atoms with van der Waals surface area (Å²) in [5.74, 6) is 0. The van der Waals surface area contributed by atoms with E-state index < -0.39 is 0 Å². The van der Waals surface area contributed by atoms with Gasteiger partial charge in [0.1, 0.15) is 0 Å². The van der Waals surface area contributed by atoms with Crippen LogP contribution in [0.3, 0.4) is 0 Å². The summed E-state index contributed by atoms with van der Waals surface area (Å²) < 4.78 is 0. The van der Waals surface area contributed by atoms with E-state index in [9.17, 15) is 0 Å². The number of aryl methyl sites for hydroxylation is 1. The fraction of sp³-hybridized carbons (Fsp3) is 0.583. The maximum absolute atomic E-state index is 4.00. The SMILES string of the molecule is C=C(C)C(CCCCc1cnc[nH]1)NC. The Balaban J connectivity index is 2.13. The Labute approximate surface area is 92.0 Å². The van der Waals surface area contributed by atoms with E-state index in [0.717, 1.165) is 6.42 Å². The lowest BCUT2D eigenvalue weighted by molar-refractivity contribution is 0.546. The van der Waals surface area contributed by atoms with Crippen molar-refractivity contribution >= 4 is 0 Å². The Bertz CT molecular complexity index is 277. The Morgan fingerprint density at radius 3 is 2.93 bits per heavy atom. The Hall–Kier alpha value is -1.09. The highest BCUT2D eigenvalue weighted by Crippen LogP contribution is 2.09. The molecule has 0 aliphatic carbocycles. The van der Waals surface area contributed by atoms with E-state index in [-0.39, 0.29) is 0 Å². The van der Waals surface area contributed by atoms with Crippen molar-refractivity contribution in [2.45, 2.75) is 38.6 Å². The van der Waals surface area contributed by atoms with Crippen LogP contribution in [0.1, 0.15) is 31.9 Å². The molecule has 0 bridgehead atoms. The minimum atomic E-state index is 0.465. The van der Waals surface area contributed by atoms with Gasteiger partial charge in [0.15, 0.2) is 0 Å². The molecule has 0 amide bonds. The summed E-state index contributed by atoms with van der Waals surface area (Å²) in [7, 11) is 1.99. The fourth-order valence-corrected chi connectivity index (χ4v) is 1.72. The van der Waals surface area contributed by atoms with Crippen molar-refractivity contribution in [2.24, 2.45) is 0 Å². The van der Waals surface area contributed by atoms with Gasteiger partial charge in [-0.05, 0) is 33.2 Å². The molecule has 0 aliphatic heterocycles. The summed E-state index contributed by atoms with van der Waals surface area (Å²) in [5.41, 5.74) is 2.45. The van der Waals surface area contributed by atoms with Crippen LogP contribution in [0.2, 0.25) is 0 Å². The predicted molar refractivity (Wildman–Crippen MR) is 63.8 cm³/mol. The van der Waals surface area contributed by atoms with E-state index in [2.05, 4.69) is 28.8 Å². The van der Waals surface area contributed by atoms with Gasteiger partial charge in [0.05, 0.1) is 6.33 Å². The zero-order chi connectivity index (χ0) is 11.1. The zero-order valence-electron chi connectivity index (χ0n) is 9.71. The number of hydrogen-bond donors (Lipinski definition) is 2. The lowest BCUT2D eigenvalue weighted by atomic mass is 10.0. The average molecular weight is 207 g/mol. The van der Waals surface area contributed by atoms with Gasteiger partial charge in [-0.15, -0.1) is 0 Å². The second kappa shape index (κ2) is 6.40. The molecule has 1 aromatic rings. The number of rotatable bonds is 7. The fourth-order valence-electron chi connectivity index (χ4n) is 1.72. The van der Waals surface area contributed by atoms with Crippen LogP contribution in [0.25, 0.3) is 0 Å². The van der Waals surface area contributed by atoms with Crippen LogP contribution in [0.15, 0.2) is 24.7 Å². The molecule has 84 valence electrons. The Morgan fingerprint density at radius 2 is 2.40 bits per heavy atom. The van der Waals surface area contributed by atoms with Gasteiger partial charge in [-0.1, -0.05) is 18.6 Å². The minimum absolute atomic E-state index is 0.465. The molecule has 1 unspecified atom stereocenters. The van der Waals surface area contributed by atoms with Crippen LogP contribution >= 0.6 is 0 Å². The third-order valence-electron chi connectivity index (χ3n) is 2.69. The van der Waals surface area contributed by atoms with Gasteiger partial charge in [-0.25, -0.2) is 4.98 Å². The number of nitrogens with one attached hydrogen (secondary N) is 2. The first kappa shape index (κ1) is 12.0. The van der Waals surface area contributed by atoms with Crippen molar-refractivity contribution in [2.75, 3.05) is 7.05 Å². The summed E-state index contributed by atoms with van der Waals surface area (Å²) in [6.07, 6.45) is 8.31. The van der Waals surface area contributed by atoms with Crippen LogP contribution < -0.4 is 5.32 Å². The molecule has 0 spiro atoms. The molecular weight excluding hydrogens is 186 g/mol. The second-order valence-corrected chi connectivity index (χ2v) is 4.01. The highest BCUT2D eigenvalue weighted by atomic mass is 14.9. The van der Waals surface area contributed by atoms with Crippen molar-refractivity contribution in [1.82, 2.24) is 15.3 Å². The number of hydrogen-bond acceptors (Lipinski definition) is 2. The third-order valence-corrected chi connectivity index (χ3v) is 2.69. The topological polar surface area (TPSA) is 40.7 Å². The lowest BCUT2D eigenvalue weighted by Crippen LogP contribution is -2.25. The quantitative estimate of drug-likeness (QED) is 0.532. The molecule has 15 heavy (non-hydrogen) atoms. The van der Waals surface area contributed by atoms with E-state index >= 15 is 0 Å². The molecule has 0 radical (unpaired) electrons. The Kier molecular flexibility index (Phi) is 5.12. The molecule has 1 rings (SSSR count). The summed E-state index contributed by atoms with van der Waals surface area (Å²) in [4.78, 5) is 7.12. The number of imidazole rings is 1. The van der Waals surface area contributed by atoms with E-state index in [1.165, 1.54) is 30.5 Å². The summed E-state index contributed by atoms with van der Waals surface area (Å²) in [6.45, 7) is 6.06. The Morgan fingerprint density at radius 1 is 1.60 bits per heavy atom. The number of likely N-dealkylation sites (N-methyl/N-ethyl adjacent to an activating group) is 1. The number of unbranched alkanes of at least 4 members (excludes halogenated alkanes) is 1. The summed E-state index contributed by atoms with van der Waals surface area (Å²) in [6, 6.07) is 0.465. The smallest absolute Gasteiger partial charge is 0.0921 e. The molecular formula is C12H21N3. The van der Waals surface area contributed by atoms with Crippen molar-refractivity contribution in [3.63, 3.8) is 0 Å². The highest BCUT2D eigenvalue weighted by Gasteiger charge is 2.05. The zero-order valence-corrected chi connectivity index (χ0v) is 9.71. The molecule has 0 saturated carbocycles. The van der Waals surface area contributed by atoms with E-state index in [1.807, 2.05) is 13.2 Å². The highest BCUT2D eigenvalue weighted by molar-refractivity contribution is 5.01. The number of aromatic amines is 1. The molecule has 0 fully saturated rings. The van der Waals surface area contributed by atoms with Crippen molar-refractivity contribution in [3.8, 4) is 0 Å². The lowest BCUT2D eigenvalue weighted by Gasteiger charge is -2.15.